The molecule has 2 atom stereocenters. The molecule has 0 heterocycles. The first kappa shape index (κ1) is 12.4. The van der Waals surface area contributed by atoms with Crippen LogP contribution in [-0.2, 0) is 4.79 Å². The Hall–Kier alpha value is -0.570. The Labute approximate surface area is 81.3 Å². The molecule has 0 unspecified atom stereocenters. The Bertz CT molecular complexity index is 155. The third-order valence-electron chi connectivity index (χ3n) is 2.62. The Morgan fingerprint density at radius 3 is 2.08 bits per heavy atom. The molecule has 0 saturated carbocycles. The predicted octanol–water partition coefficient (Wildman–Crippen LogP) is 1.23. The van der Waals surface area contributed by atoms with Crippen LogP contribution in [0.4, 0.5) is 0 Å². The van der Waals surface area contributed by atoms with E-state index in [1.54, 1.807) is 4.90 Å². The molecule has 0 saturated heterocycles. The van der Waals surface area contributed by atoms with Gasteiger partial charge in [-0.25, -0.2) is 0 Å². The number of nitrogens with zero attached hydrogens (tertiary/aromatic N) is 1. The number of amides is 1. The van der Waals surface area contributed by atoms with Crippen LogP contribution in [0.3, 0.4) is 0 Å². The van der Waals surface area contributed by atoms with Crippen molar-refractivity contribution in [1.29, 1.82) is 0 Å². The fourth-order valence-corrected chi connectivity index (χ4v) is 1.24. The number of carbonyl (C=O) groups is 1. The summed E-state index contributed by atoms with van der Waals surface area (Å²) in [4.78, 5) is 13.5. The molecule has 1 amide bonds. The quantitative estimate of drug-likeness (QED) is 0.702. The minimum atomic E-state index is -0.329. The molecule has 2 N–H and O–H groups in total. The zero-order chi connectivity index (χ0) is 10.4. The van der Waals surface area contributed by atoms with E-state index in [0.29, 0.717) is 0 Å². The topological polar surface area (TPSA) is 46.3 Å². The first-order valence-corrected chi connectivity index (χ1v) is 5.12. The van der Waals surface area contributed by atoms with Crippen molar-refractivity contribution in [2.45, 2.75) is 40.2 Å². The van der Waals surface area contributed by atoms with E-state index in [1.807, 2.05) is 20.8 Å². The van der Waals surface area contributed by atoms with E-state index in [9.17, 15) is 4.79 Å². The lowest BCUT2D eigenvalue weighted by molar-refractivity contribution is -0.133. The maximum atomic E-state index is 11.7. The van der Waals surface area contributed by atoms with Crippen molar-refractivity contribution in [1.82, 2.24) is 4.90 Å². The molecule has 78 valence electrons. The fraction of sp³-hybridized carbons (Fsp3) is 0.900. The van der Waals surface area contributed by atoms with Crippen LogP contribution in [0.25, 0.3) is 0 Å². The molecule has 0 aliphatic carbocycles. The van der Waals surface area contributed by atoms with Gasteiger partial charge in [0.2, 0.25) is 5.91 Å². The molecule has 0 aromatic rings. The average Bonchev–Trinajstić information content (AvgIpc) is 2.17. The van der Waals surface area contributed by atoms with Gasteiger partial charge >= 0.3 is 0 Å². The second-order valence-corrected chi connectivity index (χ2v) is 3.42. The van der Waals surface area contributed by atoms with Crippen molar-refractivity contribution >= 4 is 5.91 Å². The van der Waals surface area contributed by atoms with Crippen LogP contribution in [-0.4, -0.2) is 29.9 Å². The summed E-state index contributed by atoms with van der Waals surface area (Å²) in [5, 5.41) is 0. The van der Waals surface area contributed by atoms with E-state index in [0.717, 1.165) is 19.5 Å². The first-order valence-electron chi connectivity index (χ1n) is 5.12. The van der Waals surface area contributed by atoms with Gasteiger partial charge in [-0.05, 0) is 19.8 Å². The van der Waals surface area contributed by atoms with Gasteiger partial charge in [0.05, 0.1) is 6.04 Å². The van der Waals surface area contributed by atoms with Crippen LogP contribution in [0.1, 0.15) is 34.1 Å². The molecule has 3 nitrogen and oxygen atoms in total. The van der Waals surface area contributed by atoms with Crippen molar-refractivity contribution < 1.29 is 4.79 Å². The van der Waals surface area contributed by atoms with Gasteiger partial charge < -0.3 is 10.6 Å². The van der Waals surface area contributed by atoms with Gasteiger partial charge in [-0.2, -0.15) is 0 Å². The Kier molecular flexibility index (Phi) is 5.71. The van der Waals surface area contributed by atoms with Crippen LogP contribution in [0.5, 0.6) is 0 Å². The standard InChI is InChI=1S/C10H22N2O/c1-5-8(4)9(11)10(13)12(6-2)7-3/h8-9H,5-7,11H2,1-4H3/t8-,9+/m0/s1. The molecular weight excluding hydrogens is 164 g/mol. The van der Waals surface area contributed by atoms with Gasteiger partial charge in [0.25, 0.3) is 0 Å². The average molecular weight is 186 g/mol. The summed E-state index contributed by atoms with van der Waals surface area (Å²) in [7, 11) is 0. The molecule has 13 heavy (non-hydrogen) atoms. The molecule has 0 spiro atoms. The van der Waals surface area contributed by atoms with E-state index < -0.39 is 0 Å². The summed E-state index contributed by atoms with van der Waals surface area (Å²) in [6.45, 7) is 9.53. The molecule has 0 aromatic heterocycles. The minimum Gasteiger partial charge on any atom is -0.342 e. The number of rotatable bonds is 5. The predicted molar refractivity (Wildman–Crippen MR) is 55.4 cm³/mol. The third-order valence-corrected chi connectivity index (χ3v) is 2.62. The summed E-state index contributed by atoms with van der Waals surface area (Å²) >= 11 is 0. The molecule has 0 bridgehead atoms. The van der Waals surface area contributed by atoms with E-state index in [4.69, 9.17) is 5.73 Å². The highest BCUT2D eigenvalue weighted by atomic mass is 16.2. The highest BCUT2D eigenvalue weighted by molar-refractivity contribution is 5.81. The van der Waals surface area contributed by atoms with Crippen LogP contribution >= 0.6 is 0 Å². The summed E-state index contributed by atoms with van der Waals surface area (Å²) in [5.41, 5.74) is 5.83. The highest BCUT2D eigenvalue weighted by Gasteiger charge is 2.22. The van der Waals surface area contributed by atoms with Gasteiger partial charge in [0.1, 0.15) is 0 Å². The second kappa shape index (κ2) is 5.97. The van der Waals surface area contributed by atoms with Crippen LogP contribution in [0.15, 0.2) is 0 Å². The van der Waals surface area contributed by atoms with Crippen LogP contribution in [0.2, 0.25) is 0 Å². The number of nitrogens with two attached hydrogens (primary N) is 1. The molecule has 0 aliphatic rings. The molecule has 0 radical (unpaired) electrons. The lowest BCUT2D eigenvalue weighted by Gasteiger charge is -2.25. The number of hydrogen-bond donors (Lipinski definition) is 1. The zero-order valence-corrected chi connectivity index (χ0v) is 9.21. The van der Waals surface area contributed by atoms with Crippen LogP contribution in [0, 0.1) is 5.92 Å². The van der Waals surface area contributed by atoms with Gasteiger partial charge in [-0.3, -0.25) is 4.79 Å². The highest BCUT2D eigenvalue weighted by Crippen LogP contribution is 2.08. The fourth-order valence-electron chi connectivity index (χ4n) is 1.24. The second-order valence-electron chi connectivity index (χ2n) is 3.42. The third kappa shape index (κ3) is 3.35. The van der Waals surface area contributed by atoms with E-state index in [1.165, 1.54) is 0 Å². The smallest absolute Gasteiger partial charge is 0.239 e. The minimum absolute atomic E-state index is 0.0827. The molecule has 0 rings (SSSR count). The Morgan fingerprint density at radius 2 is 1.77 bits per heavy atom. The van der Waals surface area contributed by atoms with E-state index in [2.05, 4.69) is 6.92 Å². The molecule has 0 aromatic carbocycles. The SMILES string of the molecule is CC[C@H](C)[C@@H](N)C(=O)N(CC)CC. The van der Waals surface area contributed by atoms with Gasteiger partial charge in [0, 0.05) is 13.1 Å². The largest absolute Gasteiger partial charge is 0.342 e. The maximum absolute atomic E-state index is 11.7. The normalized spacial score (nSPS) is 15.2. The molecule has 0 aliphatic heterocycles. The lowest BCUT2D eigenvalue weighted by atomic mass is 9.99. The van der Waals surface area contributed by atoms with Gasteiger partial charge in [0.15, 0.2) is 0 Å². The van der Waals surface area contributed by atoms with E-state index in [-0.39, 0.29) is 17.9 Å². The van der Waals surface area contributed by atoms with E-state index >= 15 is 0 Å². The van der Waals surface area contributed by atoms with Crippen molar-refractivity contribution in [2.24, 2.45) is 11.7 Å². The molecular formula is C10H22N2O. The first-order chi connectivity index (χ1) is 6.08. The molecule has 0 fully saturated rings. The summed E-state index contributed by atoms with van der Waals surface area (Å²) in [5.74, 6) is 0.354. The summed E-state index contributed by atoms with van der Waals surface area (Å²) in [6.07, 6.45) is 0.953. The van der Waals surface area contributed by atoms with Crippen molar-refractivity contribution in [3.05, 3.63) is 0 Å². The molecule has 3 heteroatoms. The number of hydrogen-bond acceptors (Lipinski definition) is 2. The van der Waals surface area contributed by atoms with Crippen molar-refractivity contribution in [3.8, 4) is 0 Å². The van der Waals surface area contributed by atoms with Gasteiger partial charge in [-0.1, -0.05) is 20.3 Å². The Morgan fingerprint density at radius 1 is 1.31 bits per heavy atom. The monoisotopic (exact) mass is 186 g/mol. The lowest BCUT2D eigenvalue weighted by Crippen LogP contribution is -2.46. The zero-order valence-electron chi connectivity index (χ0n) is 9.21. The number of likely N-dealkylation sites (N-methyl/N-ethyl adjacent to an activating group) is 1. The summed E-state index contributed by atoms with van der Waals surface area (Å²) in [6, 6.07) is -0.329. The van der Waals surface area contributed by atoms with Crippen molar-refractivity contribution in [2.75, 3.05) is 13.1 Å². The summed E-state index contributed by atoms with van der Waals surface area (Å²) < 4.78 is 0. The number of carbonyl (C=O) groups excluding carboxylic acids is 1. The van der Waals surface area contributed by atoms with Crippen molar-refractivity contribution in [3.63, 3.8) is 0 Å². The Balaban J connectivity index is 4.22. The maximum Gasteiger partial charge on any atom is 0.239 e. The van der Waals surface area contributed by atoms with Gasteiger partial charge in [-0.15, -0.1) is 0 Å². The van der Waals surface area contributed by atoms with Crippen LogP contribution < -0.4 is 5.73 Å².